The van der Waals surface area contributed by atoms with Gasteiger partial charge in [0.2, 0.25) is 11.6 Å². The molecule has 8 heteroatoms. The van der Waals surface area contributed by atoms with Crippen molar-refractivity contribution in [3.05, 3.63) is 58.1 Å². The summed E-state index contributed by atoms with van der Waals surface area (Å²) in [6, 6.07) is 9.08. The van der Waals surface area contributed by atoms with Crippen LogP contribution in [0.3, 0.4) is 0 Å². The molecule has 0 aliphatic carbocycles. The van der Waals surface area contributed by atoms with Gasteiger partial charge in [0, 0.05) is 12.1 Å². The number of benzene rings is 1. The van der Waals surface area contributed by atoms with Gasteiger partial charge in [-0.1, -0.05) is 17.3 Å². The largest absolute Gasteiger partial charge is 0.449 e. The molecule has 1 aromatic carbocycles. The molecule has 2 heterocycles. The lowest BCUT2D eigenvalue weighted by atomic mass is 10.2. The summed E-state index contributed by atoms with van der Waals surface area (Å²) in [7, 11) is 0. The maximum Gasteiger partial charge on any atom is 0.375 e. The van der Waals surface area contributed by atoms with Crippen LogP contribution in [0.15, 0.2) is 50.1 Å². The van der Waals surface area contributed by atoms with Crippen LogP contribution in [0.2, 0.25) is 0 Å². The molecule has 0 spiro atoms. The lowest BCUT2D eigenvalue weighted by Gasteiger charge is -2.11. The Bertz CT molecular complexity index is 1000. The van der Waals surface area contributed by atoms with Crippen LogP contribution in [0.1, 0.15) is 23.2 Å². The van der Waals surface area contributed by atoms with Crippen LogP contribution in [0.25, 0.3) is 11.0 Å². The molecule has 1 amide bonds. The van der Waals surface area contributed by atoms with Crippen molar-refractivity contribution in [3.8, 4) is 0 Å². The minimum atomic E-state index is -1.13. The molecule has 0 fully saturated rings. The highest BCUT2D eigenvalue weighted by atomic mass is 16.6. The second-order valence-corrected chi connectivity index (χ2v) is 5.34. The highest BCUT2D eigenvalue weighted by Crippen LogP contribution is 2.14. The van der Waals surface area contributed by atoms with Crippen LogP contribution >= 0.6 is 0 Å². The molecule has 0 aliphatic heterocycles. The Morgan fingerprint density at radius 3 is 2.72 bits per heavy atom. The van der Waals surface area contributed by atoms with Gasteiger partial charge < -0.3 is 13.7 Å². The van der Waals surface area contributed by atoms with E-state index in [-0.39, 0.29) is 22.7 Å². The molecule has 0 unspecified atom stereocenters. The van der Waals surface area contributed by atoms with Crippen molar-refractivity contribution in [2.45, 2.75) is 20.0 Å². The zero-order valence-electron chi connectivity index (χ0n) is 13.4. The summed E-state index contributed by atoms with van der Waals surface area (Å²) in [5, 5.41) is 6.40. The van der Waals surface area contributed by atoms with Crippen LogP contribution in [-0.2, 0) is 9.53 Å². The number of fused-ring (bicyclic) bond motifs is 1. The third-order valence-corrected chi connectivity index (χ3v) is 3.36. The maximum atomic E-state index is 12.1. The van der Waals surface area contributed by atoms with Crippen LogP contribution < -0.4 is 10.7 Å². The second kappa shape index (κ2) is 6.60. The van der Waals surface area contributed by atoms with Gasteiger partial charge in [-0.15, -0.1) is 0 Å². The second-order valence-electron chi connectivity index (χ2n) is 5.34. The first-order valence-electron chi connectivity index (χ1n) is 7.42. The van der Waals surface area contributed by atoms with Crippen molar-refractivity contribution in [2.24, 2.45) is 0 Å². The van der Waals surface area contributed by atoms with Crippen molar-refractivity contribution in [2.75, 3.05) is 5.32 Å². The van der Waals surface area contributed by atoms with E-state index in [1.54, 1.807) is 31.2 Å². The first-order chi connectivity index (χ1) is 11.9. The summed E-state index contributed by atoms with van der Waals surface area (Å²) in [5.74, 6) is -1.66. The first kappa shape index (κ1) is 16.4. The minimum absolute atomic E-state index is 0.141. The third kappa shape index (κ3) is 3.57. The molecule has 25 heavy (non-hydrogen) atoms. The number of esters is 1. The number of aryl methyl sites for hydroxylation is 1. The molecule has 8 nitrogen and oxygen atoms in total. The number of aromatic nitrogens is 1. The number of para-hydroxylation sites is 1. The number of carbonyl (C=O) groups is 2. The predicted octanol–water partition coefficient (Wildman–Crippen LogP) is 2.27. The molecule has 1 N–H and O–H groups in total. The van der Waals surface area contributed by atoms with Crippen LogP contribution in [0, 0.1) is 6.92 Å². The summed E-state index contributed by atoms with van der Waals surface area (Å²) >= 11 is 0. The third-order valence-electron chi connectivity index (χ3n) is 3.36. The monoisotopic (exact) mass is 342 g/mol. The highest BCUT2D eigenvalue weighted by Gasteiger charge is 2.22. The van der Waals surface area contributed by atoms with Crippen LogP contribution in [-0.4, -0.2) is 23.1 Å². The van der Waals surface area contributed by atoms with Crippen LogP contribution in [0.5, 0.6) is 0 Å². The Labute approximate surface area is 141 Å². The van der Waals surface area contributed by atoms with E-state index in [1.807, 2.05) is 0 Å². The van der Waals surface area contributed by atoms with Crippen molar-refractivity contribution in [1.29, 1.82) is 0 Å². The lowest BCUT2D eigenvalue weighted by Crippen LogP contribution is -2.30. The van der Waals surface area contributed by atoms with Gasteiger partial charge in [0.25, 0.3) is 5.91 Å². The maximum absolute atomic E-state index is 12.1. The summed E-state index contributed by atoms with van der Waals surface area (Å²) in [4.78, 5) is 36.1. The summed E-state index contributed by atoms with van der Waals surface area (Å²) in [5.41, 5.74) is 0.483. The van der Waals surface area contributed by atoms with Gasteiger partial charge in [-0.3, -0.25) is 14.9 Å². The molecule has 0 saturated heterocycles. The molecular weight excluding hydrogens is 328 g/mol. The Morgan fingerprint density at radius 1 is 1.24 bits per heavy atom. The molecule has 2 aromatic heterocycles. The quantitative estimate of drug-likeness (QED) is 0.724. The van der Waals surface area contributed by atoms with E-state index in [4.69, 9.17) is 13.7 Å². The van der Waals surface area contributed by atoms with Crippen molar-refractivity contribution in [3.63, 3.8) is 0 Å². The SMILES string of the molecule is Cc1cc(NC(=O)[C@H](C)OC(=O)c2cc(=O)c3ccccc3o2)on1. The van der Waals surface area contributed by atoms with E-state index < -0.39 is 18.0 Å². The smallest absolute Gasteiger partial charge is 0.375 e. The standard InChI is InChI=1S/C17H14N2O6/c1-9-7-15(25-19-9)18-16(21)10(2)23-17(22)14-8-12(20)11-5-3-4-6-13(11)24-14/h3-8,10H,1-2H3,(H,18,21)/t10-/m0/s1. The average Bonchev–Trinajstić information content (AvgIpc) is 2.99. The lowest BCUT2D eigenvalue weighted by molar-refractivity contribution is -0.124. The summed E-state index contributed by atoms with van der Waals surface area (Å²) in [6.07, 6.45) is -1.13. The Morgan fingerprint density at radius 2 is 2.00 bits per heavy atom. The molecule has 128 valence electrons. The molecular formula is C17H14N2O6. The van der Waals surface area contributed by atoms with Gasteiger partial charge in [-0.05, 0) is 26.0 Å². The van der Waals surface area contributed by atoms with Gasteiger partial charge in [0.1, 0.15) is 5.58 Å². The summed E-state index contributed by atoms with van der Waals surface area (Å²) in [6.45, 7) is 3.08. The number of nitrogens with one attached hydrogen (secondary N) is 1. The van der Waals surface area contributed by atoms with Gasteiger partial charge in [0.05, 0.1) is 11.1 Å². The molecule has 0 radical (unpaired) electrons. The fourth-order valence-electron chi connectivity index (χ4n) is 2.12. The van der Waals surface area contributed by atoms with Crippen LogP contribution in [0.4, 0.5) is 5.88 Å². The normalized spacial score (nSPS) is 11.9. The van der Waals surface area contributed by atoms with Crippen molar-refractivity contribution < 1.29 is 23.3 Å². The highest BCUT2D eigenvalue weighted by molar-refractivity contribution is 5.96. The number of ether oxygens (including phenoxy) is 1. The van der Waals surface area contributed by atoms with Gasteiger partial charge in [0.15, 0.2) is 11.5 Å². The first-order valence-corrected chi connectivity index (χ1v) is 7.42. The fourth-order valence-corrected chi connectivity index (χ4v) is 2.12. The molecule has 3 rings (SSSR count). The van der Waals surface area contributed by atoms with E-state index in [1.165, 1.54) is 13.0 Å². The number of anilines is 1. The predicted molar refractivity (Wildman–Crippen MR) is 87.2 cm³/mol. The van der Waals surface area contributed by atoms with E-state index in [0.29, 0.717) is 11.1 Å². The zero-order valence-corrected chi connectivity index (χ0v) is 13.4. The van der Waals surface area contributed by atoms with Crippen molar-refractivity contribution >= 4 is 28.7 Å². The molecule has 3 aromatic rings. The molecule has 1 atom stereocenters. The number of hydrogen-bond donors (Lipinski definition) is 1. The zero-order chi connectivity index (χ0) is 18.0. The Hall–Kier alpha value is -3.42. The number of hydrogen-bond acceptors (Lipinski definition) is 7. The average molecular weight is 342 g/mol. The number of carbonyl (C=O) groups excluding carboxylic acids is 2. The molecule has 0 saturated carbocycles. The van der Waals surface area contributed by atoms with E-state index in [0.717, 1.165) is 6.07 Å². The molecule has 0 aliphatic rings. The van der Waals surface area contributed by atoms with Crippen molar-refractivity contribution in [1.82, 2.24) is 5.16 Å². The number of amides is 1. The van der Waals surface area contributed by atoms with Gasteiger partial charge in [-0.25, -0.2) is 4.79 Å². The summed E-state index contributed by atoms with van der Waals surface area (Å²) < 4.78 is 15.3. The van der Waals surface area contributed by atoms with E-state index >= 15 is 0 Å². The number of rotatable bonds is 4. The molecule has 0 bridgehead atoms. The fraction of sp³-hybridized carbons (Fsp3) is 0.176. The Kier molecular flexibility index (Phi) is 4.34. The van der Waals surface area contributed by atoms with Gasteiger partial charge in [-0.2, -0.15) is 0 Å². The topological polar surface area (TPSA) is 112 Å². The Balaban J connectivity index is 1.73. The minimum Gasteiger partial charge on any atom is -0.449 e. The number of nitrogens with zero attached hydrogens (tertiary/aromatic N) is 1. The van der Waals surface area contributed by atoms with E-state index in [9.17, 15) is 14.4 Å². The van der Waals surface area contributed by atoms with Gasteiger partial charge >= 0.3 is 5.97 Å². The van der Waals surface area contributed by atoms with E-state index in [2.05, 4.69) is 10.5 Å².